The number of phenols is 1. The Bertz CT molecular complexity index is 1110. The Balaban J connectivity index is 1.49. The van der Waals surface area contributed by atoms with Crippen molar-refractivity contribution >= 4 is 57.8 Å². The average Bonchev–Trinajstić information content (AvgIpc) is 3.02. The van der Waals surface area contributed by atoms with Gasteiger partial charge in [0, 0.05) is 24.7 Å². The Hall–Kier alpha value is -3.43. The second-order valence-corrected chi connectivity index (χ2v) is 8.49. The minimum absolute atomic E-state index is 0.130. The number of aromatic hydroxyl groups is 1. The van der Waals surface area contributed by atoms with E-state index in [0.29, 0.717) is 22.2 Å². The van der Waals surface area contributed by atoms with Crippen LogP contribution in [0.4, 0.5) is 5.69 Å². The molecule has 1 heterocycles. The molecule has 1 saturated heterocycles. The Morgan fingerprint density at radius 3 is 2.59 bits per heavy atom. The number of carboxylic acids is 1. The summed E-state index contributed by atoms with van der Waals surface area (Å²) in [6.45, 7) is 0.307. The van der Waals surface area contributed by atoms with Gasteiger partial charge in [-0.15, -0.1) is 0 Å². The van der Waals surface area contributed by atoms with E-state index in [0.717, 1.165) is 5.56 Å². The molecular weight excluding hydrogens is 448 g/mol. The molecule has 7 nitrogen and oxygen atoms in total. The van der Waals surface area contributed by atoms with Gasteiger partial charge in [0.15, 0.2) is 0 Å². The topological polar surface area (TPSA) is 107 Å². The highest BCUT2D eigenvalue weighted by Crippen LogP contribution is 2.31. The van der Waals surface area contributed by atoms with Gasteiger partial charge < -0.3 is 15.5 Å². The van der Waals surface area contributed by atoms with Crippen LogP contribution in [0.3, 0.4) is 0 Å². The molecule has 1 fully saturated rings. The number of benzene rings is 2. The summed E-state index contributed by atoms with van der Waals surface area (Å²) in [5, 5.41) is 21.2. The van der Waals surface area contributed by atoms with Gasteiger partial charge in [0.2, 0.25) is 5.91 Å². The number of thioether (sulfide) groups is 1. The lowest BCUT2D eigenvalue weighted by atomic mass is 10.1. The predicted molar refractivity (Wildman–Crippen MR) is 128 cm³/mol. The zero-order valence-electron chi connectivity index (χ0n) is 16.9. The van der Waals surface area contributed by atoms with E-state index in [-0.39, 0.29) is 29.5 Å². The summed E-state index contributed by atoms with van der Waals surface area (Å²) >= 11 is 6.52. The number of carboxylic acid groups (broad SMARTS) is 1. The largest absolute Gasteiger partial charge is 0.507 e. The smallest absolute Gasteiger partial charge is 0.339 e. The Labute approximate surface area is 194 Å². The van der Waals surface area contributed by atoms with Crippen LogP contribution in [0.25, 0.3) is 6.08 Å². The lowest BCUT2D eigenvalue weighted by Crippen LogP contribution is -2.29. The molecule has 9 heteroatoms. The first kappa shape index (κ1) is 23.2. The number of thiocarbonyl (C=S) groups is 1. The molecule has 3 N–H and O–H groups in total. The third-order valence-electron chi connectivity index (χ3n) is 4.51. The van der Waals surface area contributed by atoms with Crippen molar-refractivity contribution in [2.45, 2.75) is 12.8 Å². The van der Waals surface area contributed by atoms with Crippen LogP contribution in [0.15, 0.2) is 65.6 Å². The van der Waals surface area contributed by atoms with Gasteiger partial charge in [-0.25, -0.2) is 4.79 Å². The minimum atomic E-state index is -1.26. The Morgan fingerprint density at radius 1 is 1.16 bits per heavy atom. The molecule has 2 aromatic rings. The molecule has 0 aliphatic carbocycles. The Morgan fingerprint density at radius 2 is 1.91 bits per heavy atom. The fourth-order valence-corrected chi connectivity index (χ4v) is 4.19. The molecule has 0 bridgehead atoms. The van der Waals surface area contributed by atoms with Gasteiger partial charge in [0.1, 0.15) is 15.6 Å². The zero-order valence-corrected chi connectivity index (χ0v) is 18.5. The van der Waals surface area contributed by atoms with Crippen LogP contribution in [0.2, 0.25) is 0 Å². The van der Waals surface area contributed by atoms with Gasteiger partial charge in [0.25, 0.3) is 5.91 Å². The molecule has 3 rings (SSSR count). The number of allylic oxidation sites excluding steroid dienone is 2. The SMILES string of the molecule is O=C(CCCN1C(=O)/C(=C/C=C/c2ccccc2)SC1=S)Nc1ccc(C(=O)O)c(O)c1. The zero-order chi connectivity index (χ0) is 23.1. The standard InChI is InChI=1S/C23H20N2O5S2/c26-18-14-16(11-12-17(18)22(29)30)24-20(27)10-5-13-25-21(28)19(32-23(25)31)9-4-8-15-6-2-1-3-7-15/h1-4,6-9,11-12,14,26H,5,10,13H2,(H,24,27)(H,29,30)/b8-4+,19-9-. The fraction of sp³-hybridized carbons (Fsp3) is 0.130. The van der Waals surface area contributed by atoms with Crippen LogP contribution in [-0.4, -0.2) is 43.8 Å². The first-order valence-corrected chi connectivity index (χ1v) is 10.9. The minimum Gasteiger partial charge on any atom is -0.507 e. The van der Waals surface area contributed by atoms with Crippen molar-refractivity contribution in [1.29, 1.82) is 0 Å². The molecular formula is C23H20N2O5S2. The number of amides is 2. The number of hydrogen-bond acceptors (Lipinski definition) is 6. The number of hydrogen-bond donors (Lipinski definition) is 3. The molecule has 164 valence electrons. The molecule has 32 heavy (non-hydrogen) atoms. The summed E-state index contributed by atoms with van der Waals surface area (Å²) in [4.78, 5) is 37.7. The maximum absolute atomic E-state index is 12.6. The fourth-order valence-electron chi connectivity index (χ4n) is 2.93. The molecule has 0 unspecified atom stereocenters. The number of carbonyl (C=O) groups is 3. The molecule has 0 radical (unpaired) electrons. The summed E-state index contributed by atoms with van der Waals surface area (Å²) in [5.41, 5.74) is 1.07. The summed E-state index contributed by atoms with van der Waals surface area (Å²) in [6.07, 6.45) is 5.96. The van der Waals surface area contributed by atoms with Gasteiger partial charge in [-0.05, 0) is 30.2 Å². The monoisotopic (exact) mass is 468 g/mol. The first-order valence-electron chi connectivity index (χ1n) is 9.68. The van der Waals surface area contributed by atoms with Gasteiger partial charge in [-0.2, -0.15) is 0 Å². The highest BCUT2D eigenvalue weighted by Gasteiger charge is 2.31. The summed E-state index contributed by atoms with van der Waals surface area (Å²) in [6, 6.07) is 13.5. The molecule has 0 saturated carbocycles. The van der Waals surface area contributed by atoms with Crippen molar-refractivity contribution in [3.63, 3.8) is 0 Å². The normalized spacial score (nSPS) is 15.0. The molecule has 0 spiro atoms. The van der Waals surface area contributed by atoms with Crippen molar-refractivity contribution in [1.82, 2.24) is 4.90 Å². The molecule has 0 aromatic heterocycles. The average molecular weight is 469 g/mol. The van der Waals surface area contributed by atoms with Crippen LogP contribution in [0.1, 0.15) is 28.8 Å². The summed E-state index contributed by atoms with van der Waals surface area (Å²) in [7, 11) is 0. The predicted octanol–water partition coefficient (Wildman–Crippen LogP) is 4.27. The van der Waals surface area contributed by atoms with Crippen molar-refractivity contribution in [3.05, 3.63) is 76.7 Å². The van der Waals surface area contributed by atoms with E-state index in [9.17, 15) is 19.5 Å². The highest BCUT2D eigenvalue weighted by atomic mass is 32.2. The van der Waals surface area contributed by atoms with Crippen LogP contribution >= 0.6 is 24.0 Å². The van der Waals surface area contributed by atoms with Crippen LogP contribution in [0, 0.1) is 0 Å². The van der Waals surface area contributed by atoms with Crippen LogP contribution < -0.4 is 5.32 Å². The van der Waals surface area contributed by atoms with E-state index < -0.39 is 11.7 Å². The van der Waals surface area contributed by atoms with E-state index in [1.165, 1.54) is 34.9 Å². The first-order chi connectivity index (χ1) is 15.3. The molecule has 1 aliphatic heterocycles. The molecule has 2 aromatic carbocycles. The molecule has 1 aliphatic rings. The van der Waals surface area contributed by atoms with Gasteiger partial charge in [-0.1, -0.05) is 66.5 Å². The lowest BCUT2D eigenvalue weighted by molar-refractivity contribution is -0.122. The maximum atomic E-state index is 12.6. The quantitative estimate of drug-likeness (QED) is 0.392. The van der Waals surface area contributed by atoms with E-state index in [1.807, 2.05) is 36.4 Å². The number of aromatic carboxylic acids is 1. The van der Waals surface area contributed by atoms with Crippen molar-refractivity contribution in [2.24, 2.45) is 0 Å². The second kappa shape index (κ2) is 10.7. The number of anilines is 1. The van der Waals surface area contributed by atoms with Crippen molar-refractivity contribution < 1.29 is 24.6 Å². The van der Waals surface area contributed by atoms with Gasteiger partial charge >= 0.3 is 5.97 Å². The number of nitrogens with one attached hydrogen (secondary N) is 1. The van der Waals surface area contributed by atoms with E-state index in [4.69, 9.17) is 17.3 Å². The summed E-state index contributed by atoms with van der Waals surface area (Å²) in [5.74, 6) is -2.19. The molecule has 2 amide bonds. The lowest BCUT2D eigenvalue weighted by Gasteiger charge is -2.14. The van der Waals surface area contributed by atoms with Gasteiger partial charge in [-0.3, -0.25) is 14.5 Å². The van der Waals surface area contributed by atoms with Gasteiger partial charge in [0.05, 0.1) is 4.91 Å². The van der Waals surface area contributed by atoms with Crippen molar-refractivity contribution in [3.8, 4) is 5.75 Å². The second-order valence-electron chi connectivity index (χ2n) is 6.81. The third kappa shape index (κ3) is 6.05. The number of nitrogens with zero attached hydrogens (tertiary/aromatic N) is 1. The Kier molecular flexibility index (Phi) is 7.80. The molecule has 0 atom stereocenters. The number of rotatable bonds is 8. The summed E-state index contributed by atoms with van der Waals surface area (Å²) < 4.78 is 0.448. The van der Waals surface area contributed by atoms with E-state index in [1.54, 1.807) is 12.2 Å². The highest BCUT2D eigenvalue weighted by molar-refractivity contribution is 8.26. The van der Waals surface area contributed by atoms with Crippen LogP contribution in [-0.2, 0) is 9.59 Å². The third-order valence-corrected chi connectivity index (χ3v) is 5.90. The number of carbonyl (C=O) groups excluding carboxylic acids is 2. The maximum Gasteiger partial charge on any atom is 0.339 e. The van der Waals surface area contributed by atoms with Crippen LogP contribution in [0.5, 0.6) is 5.75 Å². The van der Waals surface area contributed by atoms with Crippen molar-refractivity contribution in [2.75, 3.05) is 11.9 Å². The van der Waals surface area contributed by atoms with E-state index in [2.05, 4.69) is 5.32 Å². The van der Waals surface area contributed by atoms with E-state index >= 15 is 0 Å².